The molecule has 9 heteroatoms. The number of hydrogen-bond acceptors (Lipinski definition) is 4. The Balaban J connectivity index is 1.72. The van der Waals surface area contributed by atoms with Gasteiger partial charge in [0.05, 0.1) is 12.1 Å². The van der Waals surface area contributed by atoms with Gasteiger partial charge in [-0.05, 0) is 17.7 Å². The molecule has 2 N–H and O–H groups in total. The lowest BCUT2D eigenvalue weighted by atomic mass is 10.2. The summed E-state index contributed by atoms with van der Waals surface area (Å²) in [6.45, 7) is 0.514. The number of hydrogen-bond donors (Lipinski definition) is 2. The molecule has 25 heavy (non-hydrogen) atoms. The van der Waals surface area contributed by atoms with Gasteiger partial charge in [-0.2, -0.15) is 10.2 Å². The molecule has 0 unspecified atom stereocenters. The van der Waals surface area contributed by atoms with Crippen molar-refractivity contribution in [2.45, 2.75) is 6.54 Å². The van der Waals surface area contributed by atoms with Crippen molar-refractivity contribution in [1.29, 1.82) is 0 Å². The lowest BCUT2D eigenvalue weighted by Gasteiger charge is -2.03. The van der Waals surface area contributed by atoms with Crippen LogP contribution in [0.25, 0.3) is 0 Å². The second-order valence-corrected chi connectivity index (χ2v) is 5.79. The highest BCUT2D eigenvalue weighted by Gasteiger charge is 2.21. The van der Waals surface area contributed by atoms with E-state index in [2.05, 4.69) is 15.5 Å². The maximum Gasteiger partial charge on any atom is 0.357 e. The Kier molecular flexibility index (Phi) is 4.53. The van der Waals surface area contributed by atoms with Gasteiger partial charge >= 0.3 is 5.97 Å². The van der Waals surface area contributed by atoms with Gasteiger partial charge in [0.25, 0.3) is 5.91 Å². The number of carboxylic acid groups (broad SMARTS) is 1. The largest absolute Gasteiger partial charge is 0.476 e. The number of anilines is 1. The predicted molar refractivity (Wildman–Crippen MR) is 90.9 cm³/mol. The predicted octanol–water partition coefficient (Wildman–Crippen LogP) is 2.27. The van der Waals surface area contributed by atoms with E-state index in [9.17, 15) is 9.59 Å². The molecule has 3 aromatic rings. The molecule has 0 aliphatic heterocycles. The molecule has 8 nitrogen and oxygen atoms in total. The monoisotopic (exact) mass is 359 g/mol. The van der Waals surface area contributed by atoms with E-state index in [1.807, 2.05) is 12.1 Å². The summed E-state index contributed by atoms with van der Waals surface area (Å²) in [5.74, 6) is -1.53. The smallest absolute Gasteiger partial charge is 0.357 e. The average molecular weight is 360 g/mol. The van der Waals surface area contributed by atoms with Crippen LogP contribution in [0.2, 0.25) is 5.02 Å². The summed E-state index contributed by atoms with van der Waals surface area (Å²) >= 11 is 5.85. The Labute approximate surface area is 147 Å². The van der Waals surface area contributed by atoms with Gasteiger partial charge in [0.1, 0.15) is 0 Å². The first-order chi connectivity index (χ1) is 11.9. The van der Waals surface area contributed by atoms with Crippen LogP contribution in [-0.4, -0.2) is 36.5 Å². The van der Waals surface area contributed by atoms with Gasteiger partial charge in [-0.15, -0.1) is 0 Å². The van der Waals surface area contributed by atoms with Crippen molar-refractivity contribution in [1.82, 2.24) is 19.6 Å². The molecule has 0 aliphatic carbocycles. The van der Waals surface area contributed by atoms with Gasteiger partial charge in [-0.1, -0.05) is 23.7 Å². The average Bonchev–Trinajstić information content (AvgIpc) is 3.16. The highest BCUT2D eigenvalue weighted by atomic mass is 35.5. The number of amides is 1. The Morgan fingerprint density at radius 2 is 1.92 bits per heavy atom. The molecule has 0 fully saturated rings. The molecule has 2 aromatic heterocycles. The van der Waals surface area contributed by atoms with Crippen LogP contribution in [0.15, 0.2) is 42.7 Å². The number of rotatable bonds is 5. The van der Waals surface area contributed by atoms with Gasteiger partial charge in [0.2, 0.25) is 0 Å². The summed E-state index contributed by atoms with van der Waals surface area (Å²) in [4.78, 5) is 23.4. The highest BCUT2D eigenvalue weighted by Crippen LogP contribution is 2.13. The Morgan fingerprint density at radius 3 is 2.60 bits per heavy atom. The van der Waals surface area contributed by atoms with Crippen LogP contribution in [0.4, 0.5) is 5.82 Å². The number of benzene rings is 1. The fourth-order valence-corrected chi connectivity index (χ4v) is 2.42. The van der Waals surface area contributed by atoms with Crippen molar-refractivity contribution >= 4 is 29.3 Å². The quantitative estimate of drug-likeness (QED) is 0.727. The fourth-order valence-electron chi connectivity index (χ4n) is 2.29. The van der Waals surface area contributed by atoms with Crippen molar-refractivity contribution in [2.24, 2.45) is 7.05 Å². The minimum absolute atomic E-state index is 0.0257. The van der Waals surface area contributed by atoms with E-state index in [-0.39, 0.29) is 11.3 Å². The summed E-state index contributed by atoms with van der Waals surface area (Å²) in [5.41, 5.74) is 0.675. The first-order valence-corrected chi connectivity index (χ1v) is 7.66. The number of aromatic nitrogens is 4. The van der Waals surface area contributed by atoms with Crippen molar-refractivity contribution in [3.63, 3.8) is 0 Å². The molecular weight excluding hydrogens is 346 g/mol. The van der Waals surface area contributed by atoms with Gasteiger partial charge in [-0.3, -0.25) is 14.2 Å². The van der Waals surface area contributed by atoms with Gasteiger partial charge in [0, 0.05) is 30.5 Å². The fraction of sp³-hybridized carbons (Fsp3) is 0.125. The zero-order chi connectivity index (χ0) is 18.0. The van der Waals surface area contributed by atoms with Crippen LogP contribution in [0.1, 0.15) is 26.4 Å². The molecule has 3 rings (SSSR count). The molecule has 128 valence electrons. The van der Waals surface area contributed by atoms with Crippen LogP contribution in [-0.2, 0) is 13.6 Å². The minimum Gasteiger partial charge on any atom is -0.476 e. The summed E-state index contributed by atoms with van der Waals surface area (Å²) in [6.07, 6.45) is 3.06. The number of carbonyl (C=O) groups is 2. The lowest BCUT2D eigenvalue weighted by Crippen LogP contribution is -2.16. The molecule has 0 radical (unpaired) electrons. The maximum absolute atomic E-state index is 12.3. The molecule has 0 saturated heterocycles. The van der Waals surface area contributed by atoms with E-state index in [1.54, 1.807) is 36.1 Å². The van der Waals surface area contributed by atoms with E-state index in [0.717, 1.165) is 5.56 Å². The number of halogens is 1. The summed E-state index contributed by atoms with van der Waals surface area (Å²) < 4.78 is 2.93. The number of carboxylic acids is 1. The third kappa shape index (κ3) is 3.86. The molecule has 0 aliphatic rings. The molecule has 2 heterocycles. The standard InChI is InChI=1S/C16H14ClN5O3/c1-21-9-12(14(20-21)16(24)25)15(23)18-13-6-7-22(19-13)8-10-2-4-11(17)5-3-10/h2-7,9H,8H2,1H3,(H,24,25)(H,18,19,23). The summed E-state index contributed by atoms with van der Waals surface area (Å²) in [7, 11) is 1.55. The summed E-state index contributed by atoms with van der Waals surface area (Å²) in [5, 5.41) is 20.3. The van der Waals surface area contributed by atoms with Crippen molar-refractivity contribution in [2.75, 3.05) is 5.32 Å². The van der Waals surface area contributed by atoms with E-state index in [1.165, 1.54) is 10.9 Å². The van der Waals surface area contributed by atoms with Crippen LogP contribution < -0.4 is 5.32 Å². The number of nitrogens with zero attached hydrogens (tertiary/aromatic N) is 4. The van der Waals surface area contributed by atoms with Gasteiger partial charge in [-0.25, -0.2) is 4.79 Å². The van der Waals surface area contributed by atoms with Crippen molar-refractivity contribution in [3.8, 4) is 0 Å². The number of aromatic carboxylic acids is 1. The van der Waals surface area contributed by atoms with Crippen LogP contribution in [0.3, 0.4) is 0 Å². The Bertz CT molecular complexity index is 930. The molecule has 0 bridgehead atoms. The SMILES string of the molecule is Cn1cc(C(=O)Nc2ccn(Cc3ccc(Cl)cc3)n2)c(C(=O)O)n1. The molecule has 1 aromatic carbocycles. The van der Waals surface area contributed by atoms with E-state index in [0.29, 0.717) is 17.4 Å². The molecule has 0 spiro atoms. The number of carbonyl (C=O) groups excluding carboxylic acids is 1. The lowest BCUT2D eigenvalue weighted by molar-refractivity contribution is 0.0685. The normalized spacial score (nSPS) is 10.6. The zero-order valence-corrected chi connectivity index (χ0v) is 13.9. The molecular formula is C16H14ClN5O3. The third-order valence-electron chi connectivity index (χ3n) is 3.42. The second-order valence-electron chi connectivity index (χ2n) is 5.35. The minimum atomic E-state index is -1.26. The first kappa shape index (κ1) is 16.7. The number of nitrogens with one attached hydrogen (secondary N) is 1. The molecule has 0 saturated carbocycles. The summed E-state index contributed by atoms with van der Waals surface area (Å²) in [6, 6.07) is 8.98. The van der Waals surface area contributed by atoms with Crippen LogP contribution in [0.5, 0.6) is 0 Å². The first-order valence-electron chi connectivity index (χ1n) is 7.28. The maximum atomic E-state index is 12.3. The van der Waals surface area contributed by atoms with E-state index >= 15 is 0 Å². The topological polar surface area (TPSA) is 102 Å². The van der Waals surface area contributed by atoms with Crippen LogP contribution in [0, 0.1) is 0 Å². The highest BCUT2D eigenvalue weighted by molar-refractivity contribution is 6.30. The zero-order valence-electron chi connectivity index (χ0n) is 13.2. The molecule has 1 amide bonds. The van der Waals surface area contributed by atoms with E-state index in [4.69, 9.17) is 16.7 Å². The van der Waals surface area contributed by atoms with Gasteiger partial charge < -0.3 is 10.4 Å². The van der Waals surface area contributed by atoms with Gasteiger partial charge in [0.15, 0.2) is 11.5 Å². The van der Waals surface area contributed by atoms with Crippen LogP contribution >= 0.6 is 11.6 Å². The number of aryl methyl sites for hydroxylation is 1. The van der Waals surface area contributed by atoms with Crippen molar-refractivity contribution < 1.29 is 14.7 Å². The Morgan fingerprint density at radius 1 is 1.20 bits per heavy atom. The van der Waals surface area contributed by atoms with Crippen molar-refractivity contribution in [3.05, 3.63) is 64.6 Å². The van der Waals surface area contributed by atoms with E-state index < -0.39 is 11.9 Å². The molecule has 0 atom stereocenters. The third-order valence-corrected chi connectivity index (χ3v) is 3.67. The Hall–Kier alpha value is -3.13. The second kappa shape index (κ2) is 6.78.